The second-order valence-electron chi connectivity index (χ2n) is 5.68. The van der Waals surface area contributed by atoms with E-state index < -0.39 is 0 Å². The van der Waals surface area contributed by atoms with Crippen molar-refractivity contribution >= 4 is 23.4 Å². The molecule has 22 heavy (non-hydrogen) atoms. The van der Waals surface area contributed by atoms with Crippen LogP contribution in [0.2, 0.25) is 0 Å². The van der Waals surface area contributed by atoms with Gasteiger partial charge in [0.2, 0.25) is 5.91 Å². The van der Waals surface area contributed by atoms with Gasteiger partial charge in [0.15, 0.2) is 0 Å². The molecule has 1 aliphatic rings. The molecule has 1 saturated heterocycles. The van der Waals surface area contributed by atoms with Crippen molar-refractivity contribution in [2.45, 2.75) is 36.8 Å². The van der Waals surface area contributed by atoms with E-state index in [9.17, 15) is 4.79 Å². The summed E-state index contributed by atoms with van der Waals surface area (Å²) in [4.78, 5) is 15.4. The minimum absolute atomic E-state index is 0.263. The van der Waals surface area contributed by atoms with Crippen molar-refractivity contribution in [2.24, 2.45) is 0 Å². The molecular formula is C19H21NOS. The van der Waals surface area contributed by atoms with Gasteiger partial charge in [-0.15, -0.1) is 11.8 Å². The van der Waals surface area contributed by atoms with Crippen LogP contribution in [-0.4, -0.2) is 12.5 Å². The molecule has 0 aliphatic carbocycles. The highest BCUT2D eigenvalue weighted by atomic mass is 32.2. The third-order valence-electron chi connectivity index (χ3n) is 4.11. The second-order valence-corrected chi connectivity index (χ2v) is 6.69. The van der Waals surface area contributed by atoms with Gasteiger partial charge in [0.05, 0.1) is 0 Å². The van der Waals surface area contributed by atoms with Crippen molar-refractivity contribution in [1.29, 1.82) is 0 Å². The van der Waals surface area contributed by atoms with E-state index in [0.29, 0.717) is 6.42 Å². The SMILES string of the molecule is Cc1c(SCc2ccccc2)cccc1N1CCCCC1=O. The number of thioether (sulfide) groups is 1. The maximum atomic E-state index is 12.2. The summed E-state index contributed by atoms with van der Waals surface area (Å²) in [6, 6.07) is 16.8. The second kappa shape index (κ2) is 7.01. The first-order chi connectivity index (χ1) is 10.8. The third kappa shape index (κ3) is 3.36. The standard InChI is InChI=1S/C19H21NOS/c1-15-17(20-13-6-5-12-19(20)21)10-7-11-18(15)22-14-16-8-3-2-4-9-16/h2-4,7-11H,5-6,12-14H2,1H3. The van der Waals surface area contributed by atoms with Gasteiger partial charge in [0.1, 0.15) is 0 Å². The van der Waals surface area contributed by atoms with Crippen molar-refractivity contribution < 1.29 is 4.79 Å². The number of piperidine rings is 1. The molecule has 114 valence electrons. The van der Waals surface area contributed by atoms with Crippen molar-refractivity contribution in [2.75, 3.05) is 11.4 Å². The predicted molar refractivity (Wildman–Crippen MR) is 93.4 cm³/mol. The van der Waals surface area contributed by atoms with E-state index in [2.05, 4.69) is 49.4 Å². The molecule has 2 nitrogen and oxygen atoms in total. The van der Waals surface area contributed by atoms with E-state index >= 15 is 0 Å². The number of carbonyl (C=O) groups excluding carboxylic acids is 1. The number of carbonyl (C=O) groups is 1. The quantitative estimate of drug-likeness (QED) is 0.756. The Bertz CT molecular complexity index is 654. The van der Waals surface area contributed by atoms with Crippen molar-refractivity contribution in [3.8, 4) is 0 Å². The fourth-order valence-electron chi connectivity index (χ4n) is 2.85. The van der Waals surface area contributed by atoms with Gasteiger partial charge in [0.25, 0.3) is 0 Å². The van der Waals surface area contributed by atoms with Gasteiger partial charge in [0, 0.05) is 29.3 Å². The van der Waals surface area contributed by atoms with E-state index in [1.807, 2.05) is 22.7 Å². The molecule has 1 heterocycles. The fourth-order valence-corrected chi connectivity index (χ4v) is 3.86. The number of hydrogen-bond acceptors (Lipinski definition) is 2. The van der Waals surface area contributed by atoms with E-state index in [1.165, 1.54) is 16.0 Å². The number of nitrogens with zero attached hydrogens (tertiary/aromatic N) is 1. The number of benzene rings is 2. The van der Waals surface area contributed by atoms with E-state index in [-0.39, 0.29) is 5.91 Å². The highest BCUT2D eigenvalue weighted by molar-refractivity contribution is 7.98. The Labute approximate surface area is 136 Å². The molecule has 0 aromatic heterocycles. The highest BCUT2D eigenvalue weighted by Gasteiger charge is 2.21. The largest absolute Gasteiger partial charge is 0.312 e. The lowest BCUT2D eigenvalue weighted by molar-refractivity contribution is -0.119. The molecule has 3 rings (SSSR count). The van der Waals surface area contributed by atoms with E-state index in [4.69, 9.17) is 0 Å². The summed E-state index contributed by atoms with van der Waals surface area (Å²) < 4.78 is 0. The molecule has 0 N–H and O–H groups in total. The van der Waals surface area contributed by atoms with Gasteiger partial charge in [-0.3, -0.25) is 4.79 Å². The lowest BCUT2D eigenvalue weighted by Crippen LogP contribution is -2.35. The Hall–Kier alpha value is -1.74. The zero-order chi connectivity index (χ0) is 15.4. The van der Waals surface area contributed by atoms with Crippen LogP contribution in [0.5, 0.6) is 0 Å². The minimum Gasteiger partial charge on any atom is -0.312 e. The van der Waals surface area contributed by atoms with Crippen LogP contribution in [0.4, 0.5) is 5.69 Å². The molecule has 1 amide bonds. The first-order valence-electron chi connectivity index (χ1n) is 7.82. The Morgan fingerprint density at radius 1 is 1.05 bits per heavy atom. The van der Waals surface area contributed by atoms with Crippen molar-refractivity contribution in [3.63, 3.8) is 0 Å². The summed E-state index contributed by atoms with van der Waals surface area (Å²) in [6.07, 6.45) is 2.81. The molecular weight excluding hydrogens is 290 g/mol. The first kappa shape index (κ1) is 15.2. The van der Waals surface area contributed by atoms with Crippen LogP contribution in [0.3, 0.4) is 0 Å². The average Bonchev–Trinajstić information content (AvgIpc) is 2.56. The Kier molecular flexibility index (Phi) is 4.84. The molecule has 2 aromatic rings. The zero-order valence-corrected chi connectivity index (χ0v) is 13.7. The number of amides is 1. The van der Waals surface area contributed by atoms with E-state index in [1.54, 1.807) is 0 Å². The van der Waals surface area contributed by atoms with Crippen LogP contribution >= 0.6 is 11.8 Å². The lowest BCUT2D eigenvalue weighted by Gasteiger charge is -2.28. The van der Waals surface area contributed by atoms with Gasteiger partial charge < -0.3 is 4.90 Å². The molecule has 0 radical (unpaired) electrons. The van der Waals surface area contributed by atoms with Gasteiger partial charge in [-0.1, -0.05) is 36.4 Å². The summed E-state index contributed by atoms with van der Waals surface area (Å²) in [5, 5.41) is 0. The van der Waals surface area contributed by atoms with Gasteiger partial charge in [-0.05, 0) is 43.0 Å². The monoisotopic (exact) mass is 311 g/mol. The third-order valence-corrected chi connectivity index (χ3v) is 5.34. The maximum absolute atomic E-state index is 12.2. The Balaban J connectivity index is 1.78. The summed E-state index contributed by atoms with van der Waals surface area (Å²) in [6.45, 7) is 2.98. The van der Waals surface area contributed by atoms with Crippen LogP contribution in [0, 0.1) is 6.92 Å². The molecule has 0 spiro atoms. The maximum Gasteiger partial charge on any atom is 0.226 e. The molecule has 0 bridgehead atoms. The van der Waals surface area contributed by atoms with Gasteiger partial charge in [-0.2, -0.15) is 0 Å². The van der Waals surface area contributed by atoms with Gasteiger partial charge >= 0.3 is 0 Å². The normalized spacial score (nSPS) is 15.1. The molecule has 1 fully saturated rings. The molecule has 0 saturated carbocycles. The molecule has 0 unspecified atom stereocenters. The van der Waals surface area contributed by atoms with Crippen molar-refractivity contribution in [1.82, 2.24) is 0 Å². The smallest absolute Gasteiger partial charge is 0.226 e. The Morgan fingerprint density at radius 2 is 1.86 bits per heavy atom. The zero-order valence-electron chi connectivity index (χ0n) is 12.9. The first-order valence-corrected chi connectivity index (χ1v) is 8.81. The van der Waals surface area contributed by atoms with E-state index in [0.717, 1.165) is 30.8 Å². The number of anilines is 1. The summed E-state index contributed by atoms with van der Waals surface area (Å²) in [7, 11) is 0. The van der Waals surface area contributed by atoms with Crippen LogP contribution in [0.15, 0.2) is 53.4 Å². The van der Waals surface area contributed by atoms with Crippen LogP contribution in [0.1, 0.15) is 30.4 Å². The van der Waals surface area contributed by atoms with Crippen LogP contribution < -0.4 is 4.90 Å². The minimum atomic E-state index is 0.263. The molecule has 0 atom stereocenters. The van der Waals surface area contributed by atoms with Crippen LogP contribution in [-0.2, 0) is 10.5 Å². The molecule has 1 aliphatic heterocycles. The predicted octanol–water partition coefficient (Wildman–Crippen LogP) is 4.80. The van der Waals surface area contributed by atoms with Crippen molar-refractivity contribution in [3.05, 3.63) is 59.7 Å². The number of rotatable bonds is 4. The summed E-state index contributed by atoms with van der Waals surface area (Å²) in [5.74, 6) is 1.22. The lowest BCUT2D eigenvalue weighted by atomic mass is 10.1. The molecule has 2 aromatic carbocycles. The summed E-state index contributed by atoms with van der Waals surface area (Å²) in [5.41, 5.74) is 3.63. The molecule has 3 heteroatoms. The summed E-state index contributed by atoms with van der Waals surface area (Å²) >= 11 is 1.84. The average molecular weight is 311 g/mol. The topological polar surface area (TPSA) is 20.3 Å². The fraction of sp³-hybridized carbons (Fsp3) is 0.316. The Morgan fingerprint density at radius 3 is 2.64 bits per heavy atom. The number of hydrogen-bond donors (Lipinski definition) is 0. The van der Waals surface area contributed by atoms with Gasteiger partial charge in [-0.25, -0.2) is 0 Å². The highest BCUT2D eigenvalue weighted by Crippen LogP contribution is 2.33. The van der Waals surface area contributed by atoms with Crippen LogP contribution in [0.25, 0.3) is 0 Å².